The van der Waals surface area contributed by atoms with Crippen LogP contribution in [0.3, 0.4) is 0 Å². The lowest BCUT2D eigenvalue weighted by atomic mass is 10.1. The Morgan fingerprint density at radius 3 is 2.42 bits per heavy atom. The molecule has 0 atom stereocenters. The molecule has 1 aliphatic rings. The molecule has 0 aromatic heterocycles. The van der Waals surface area contributed by atoms with Gasteiger partial charge in [0.15, 0.2) is 0 Å². The highest BCUT2D eigenvalue weighted by Gasteiger charge is 2.20. The number of carbonyl (C=O) groups excluding carboxylic acids is 2. The average Bonchev–Trinajstić information content (AvgIpc) is 2.85. The van der Waals surface area contributed by atoms with Crippen molar-refractivity contribution in [2.45, 2.75) is 26.2 Å². The van der Waals surface area contributed by atoms with E-state index >= 15 is 0 Å². The predicted molar refractivity (Wildman–Crippen MR) is 91.3 cm³/mol. The van der Waals surface area contributed by atoms with E-state index in [9.17, 15) is 9.59 Å². The van der Waals surface area contributed by atoms with E-state index in [-0.39, 0.29) is 11.8 Å². The van der Waals surface area contributed by atoms with E-state index in [1.54, 1.807) is 26.0 Å². The van der Waals surface area contributed by atoms with Crippen molar-refractivity contribution in [1.82, 2.24) is 9.80 Å². The van der Waals surface area contributed by atoms with Gasteiger partial charge in [-0.15, -0.1) is 0 Å². The second-order valence-electron chi connectivity index (χ2n) is 5.92. The summed E-state index contributed by atoms with van der Waals surface area (Å²) in [6.07, 6.45) is 1.85. The van der Waals surface area contributed by atoms with Gasteiger partial charge in [0.1, 0.15) is 11.5 Å². The van der Waals surface area contributed by atoms with Crippen molar-refractivity contribution in [1.29, 1.82) is 0 Å². The Morgan fingerprint density at radius 1 is 1.04 bits per heavy atom. The number of methoxy groups -OCH3 is 2. The Kier molecular flexibility index (Phi) is 6.46. The fraction of sp³-hybridized carbons (Fsp3) is 0.556. The van der Waals surface area contributed by atoms with Crippen LogP contribution in [0.2, 0.25) is 0 Å². The zero-order chi connectivity index (χ0) is 17.5. The molecule has 1 aliphatic heterocycles. The van der Waals surface area contributed by atoms with E-state index in [0.29, 0.717) is 32.5 Å². The largest absolute Gasteiger partial charge is 0.497 e. The Morgan fingerprint density at radius 2 is 1.75 bits per heavy atom. The van der Waals surface area contributed by atoms with Gasteiger partial charge in [0.05, 0.1) is 14.2 Å². The summed E-state index contributed by atoms with van der Waals surface area (Å²) < 4.78 is 10.6. The molecule has 132 valence electrons. The van der Waals surface area contributed by atoms with Gasteiger partial charge < -0.3 is 19.3 Å². The quantitative estimate of drug-likeness (QED) is 0.823. The predicted octanol–water partition coefficient (Wildman–Crippen LogP) is 1.72. The van der Waals surface area contributed by atoms with Gasteiger partial charge in [-0.1, -0.05) is 0 Å². The molecule has 2 amide bonds. The molecule has 24 heavy (non-hydrogen) atoms. The van der Waals surface area contributed by atoms with Crippen molar-refractivity contribution >= 4 is 11.8 Å². The van der Waals surface area contributed by atoms with Crippen LogP contribution in [-0.4, -0.2) is 62.0 Å². The van der Waals surface area contributed by atoms with E-state index in [1.807, 2.05) is 23.1 Å². The highest BCUT2D eigenvalue weighted by Crippen LogP contribution is 2.25. The molecule has 1 aromatic carbocycles. The first-order valence-electron chi connectivity index (χ1n) is 8.29. The van der Waals surface area contributed by atoms with Crippen molar-refractivity contribution in [3.63, 3.8) is 0 Å². The van der Waals surface area contributed by atoms with Crippen LogP contribution in [0.5, 0.6) is 11.5 Å². The van der Waals surface area contributed by atoms with Crippen molar-refractivity contribution in [2.24, 2.45) is 0 Å². The number of hydrogen-bond donors (Lipinski definition) is 0. The Bertz CT molecular complexity index is 588. The van der Waals surface area contributed by atoms with Crippen LogP contribution in [-0.2, 0) is 16.0 Å². The third-order valence-electron chi connectivity index (χ3n) is 4.39. The first-order chi connectivity index (χ1) is 11.5. The Balaban J connectivity index is 1.94. The molecule has 0 N–H and O–H groups in total. The van der Waals surface area contributed by atoms with Crippen LogP contribution in [0.25, 0.3) is 0 Å². The van der Waals surface area contributed by atoms with E-state index in [2.05, 4.69) is 0 Å². The van der Waals surface area contributed by atoms with Gasteiger partial charge in [-0.2, -0.15) is 0 Å². The molecule has 6 nitrogen and oxygen atoms in total. The lowest BCUT2D eigenvalue weighted by Crippen LogP contribution is -2.36. The lowest BCUT2D eigenvalue weighted by molar-refractivity contribution is -0.132. The topological polar surface area (TPSA) is 59.1 Å². The number of rotatable bonds is 5. The van der Waals surface area contributed by atoms with E-state index in [4.69, 9.17) is 9.47 Å². The van der Waals surface area contributed by atoms with Gasteiger partial charge in [0.2, 0.25) is 11.8 Å². The third kappa shape index (κ3) is 4.63. The maximum absolute atomic E-state index is 12.5. The zero-order valence-corrected chi connectivity index (χ0v) is 14.7. The van der Waals surface area contributed by atoms with Crippen molar-refractivity contribution in [2.75, 3.05) is 40.4 Å². The summed E-state index contributed by atoms with van der Waals surface area (Å²) in [5.41, 5.74) is 0.963. The summed E-state index contributed by atoms with van der Waals surface area (Å²) >= 11 is 0. The van der Waals surface area contributed by atoms with Gasteiger partial charge in [-0.3, -0.25) is 9.59 Å². The second kappa shape index (κ2) is 8.57. The third-order valence-corrected chi connectivity index (χ3v) is 4.39. The van der Waals surface area contributed by atoms with E-state index < -0.39 is 0 Å². The van der Waals surface area contributed by atoms with Gasteiger partial charge >= 0.3 is 0 Å². The van der Waals surface area contributed by atoms with Crippen LogP contribution in [0.4, 0.5) is 0 Å². The SMILES string of the molecule is COc1ccc(OC)c(CCC(=O)N2CCCN(C(C)=O)CC2)c1. The summed E-state index contributed by atoms with van der Waals surface area (Å²) in [6.45, 7) is 4.23. The first-order valence-corrected chi connectivity index (χ1v) is 8.29. The molecule has 1 aromatic rings. The number of aryl methyl sites for hydroxylation is 1. The molecule has 2 rings (SSSR count). The van der Waals surface area contributed by atoms with Crippen molar-refractivity contribution in [3.05, 3.63) is 23.8 Å². The molecule has 1 heterocycles. The summed E-state index contributed by atoms with van der Waals surface area (Å²) in [4.78, 5) is 27.6. The molecular formula is C18H26N2O4. The highest BCUT2D eigenvalue weighted by atomic mass is 16.5. The number of nitrogens with zero attached hydrogens (tertiary/aromatic N) is 2. The lowest BCUT2D eigenvalue weighted by Gasteiger charge is -2.21. The smallest absolute Gasteiger partial charge is 0.222 e. The summed E-state index contributed by atoms with van der Waals surface area (Å²) in [7, 11) is 3.24. The molecule has 0 saturated carbocycles. The normalized spacial score (nSPS) is 15.0. The van der Waals surface area contributed by atoms with E-state index in [1.165, 1.54) is 0 Å². The zero-order valence-electron chi connectivity index (χ0n) is 14.7. The minimum Gasteiger partial charge on any atom is -0.497 e. The highest BCUT2D eigenvalue weighted by molar-refractivity contribution is 5.77. The van der Waals surface area contributed by atoms with Crippen LogP contribution >= 0.6 is 0 Å². The minimum atomic E-state index is 0.0745. The maximum Gasteiger partial charge on any atom is 0.222 e. The molecule has 1 saturated heterocycles. The van der Waals surface area contributed by atoms with Crippen LogP contribution in [0.15, 0.2) is 18.2 Å². The number of amides is 2. The van der Waals surface area contributed by atoms with Gasteiger partial charge in [0.25, 0.3) is 0 Å². The molecular weight excluding hydrogens is 308 g/mol. The summed E-state index contributed by atoms with van der Waals surface area (Å²) in [6, 6.07) is 5.61. The Hall–Kier alpha value is -2.24. The number of hydrogen-bond acceptors (Lipinski definition) is 4. The molecule has 0 spiro atoms. The molecule has 6 heteroatoms. The molecule has 0 aliphatic carbocycles. The fourth-order valence-electron chi connectivity index (χ4n) is 2.96. The number of ether oxygens (including phenoxy) is 2. The second-order valence-corrected chi connectivity index (χ2v) is 5.92. The van der Waals surface area contributed by atoms with Crippen molar-refractivity contribution < 1.29 is 19.1 Å². The molecule has 0 radical (unpaired) electrons. The van der Waals surface area contributed by atoms with Gasteiger partial charge in [-0.05, 0) is 36.6 Å². The van der Waals surface area contributed by atoms with Crippen LogP contribution < -0.4 is 9.47 Å². The van der Waals surface area contributed by atoms with Crippen LogP contribution in [0.1, 0.15) is 25.3 Å². The Labute approximate surface area is 143 Å². The molecule has 0 unspecified atom stereocenters. The molecule has 1 fully saturated rings. The maximum atomic E-state index is 12.5. The standard InChI is InChI=1S/C18H26N2O4/c1-14(21)19-9-4-10-20(12-11-19)18(22)8-5-15-13-16(23-2)6-7-17(15)24-3/h6-7,13H,4-5,8-12H2,1-3H3. The van der Waals surface area contributed by atoms with Gasteiger partial charge in [0, 0.05) is 39.5 Å². The summed E-state index contributed by atoms with van der Waals surface area (Å²) in [5.74, 6) is 1.71. The summed E-state index contributed by atoms with van der Waals surface area (Å²) in [5, 5.41) is 0. The van der Waals surface area contributed by atoms with Crippen molar-refractivity contribution in [3.8, 4) is 11.5 Å². The van der Waals surface area contributed by atoms with Crippen LogP contribution in [0, 0.1) is 0 Å². The number of carbonyl (C=O) groups is 2. The first kappa shape index (κ1) is 18.1. The minimum absolute atomic E-state index is 0.0745. The fourth-order valence-corrected chi connectivity index (χ4v) is 2.96. The monoisotopic (exact) mass is 334 g/mol. The van der Waals surface area contributed by atoms with Gasteiger partial charge in [-0.25, -0.2) is 0 Å². The molecule has 0 bridgehead atoms. The average molecular weight is 334 g/mol. The number of benzene rings is 1. The van der Waals surface area contributed by atoms with E-state index in [0.717, 1.165) is 30.0 Å².